The molecule has 1 aromatic rings. The van der Waals surface area contributed by atoms with E-state index in [9.17, 15) is 14.0 Å². The maximum Gasteiger partial charge on any atom is 0.227 e. The molecule has 140 valence electrons. The largest absolute Gasteiger partial charge is 0.340 e. The smallest absolute Gasteiger partial charge is 0.227 e. The Morgan fingerprint density at radius 1 is 1.12 bits per heavy atom. The third-order valence-electron chi connectivity index (χ3n) is 6.16. The van der Waals surface area contributed by atoms with Gasteiger partial charge in [-0.2, -0.15) is 0 Å². The van der Waals surface area contributed by atoms with Crippen LogP contribution in [0, 0.1) is 17.7 Å². The quantitative estimate of drug-likeness (QED) is 0.810. The molecule has 4 fully saturated rings. The van der Waals surface area contributed by atoms with Gasteiger partial charge in [0, 0.05) is 36.6 Å². The molecule has 3 aliphatic heterocycles. The summed E-state index contributed by atoms with van der Waals surface area (Å²) in [4.78, 5) is 29.5. The predicted octanol–water partition coefficient (Wildman–Crippen LogP) is 3.27. The number of carbonyl (C=O) groups excluding carboxylic acids is 2. The fraction of sp³-hybridized carbons (Fsp3) is 0.600. The second-order valence-corrected chi connectivity index (χ2v) is 8.33. The van der Waals surface area contributed by atoms with Crippen LogP contribution in [0.15, 0.2) is 18.2 Å². The van der Waals surface area contributed by atoms with Crippen LogP contribution in [0.3, 0.4) is 0 Å². The maximum atomic E-state index is 13.2. The second kappa shape index (κ2) is 7.18. The van der Waals surface area contributed by atoms with Gasteiger partial charge >= 0.3 is 0 Å². The number of nitrogens with zero attached hydrogens (tertiary/aromatic N) is 2. The topological polar surface area (TPSA) is 40.6 Å². The Hall–Kier alpha value is -1.62. The molecule has 2 bridgehead atoms. The lowest BCUT2D eigenvalue weighted by Gasteiger charge is -2.36. The number of fused-ring (bicyclic) bond motifs is 4. The monoisotopic (exact) mass is 378 g/mol. The summed E-state index contributed by atoms with van der Waals surface area (Å²) >= 11 is 6.08. The molecule has 3 heterocycles. The van der Waals surface area contributed by atoms with Crippen molar-refractivity contribution in [2.24, 2.45) is 11.8 Å². The van der Waals surface area contributed by atoms with Crippen LogP contribution in [0.1, 0.15) is 37.7 Å². The standard InChI is InChI=1S/C20H24ClFN2O2/c21-18-9-16(22)6-5-15(18)8-19(25)24-11-13-4-7-17(24)12-23(10-13)20(26)14-2-1-3-14/h5-6,9,13-14,17H,1-4,7-8,10-12H2/t13-,17+/m0/s1. The summed E-state index contributed by atoms with van der Waals surface area (Å²) in [5.74, 6) is 0.459. The van der Waals surface area contributed by atoms with Gasteiger partial charge < -0.3 is 9.80 Å². The molecule has 3 saturated heterocycles. The van der Waals surface area contributed by atoms with E-state index in [1.54, 1.807) is 6.07 Å². The summed E-state index contributed by atoms with van der Waals surface area (Å²) in [5.41, 5.74) is 0.653. The minimum absolute atomic E-state index is 0.0196. The molecule has 1 saturated carbocycles. The van der Waals surface area contributed by atoms with E-state index >= 15 is 0 Å². The van der Waals surface area contributed by atoms with Crippen molar-refractivity contribution in [3.8, 4) is 0 Å². The van der Waals surface area contributed by atoms with Crippen molar-refractivity contribution in [2.75, 3.05) is 19.6 Å². The number of benzene rings is 1. The number of piperidine rings is 1. The Morgan fingerprint density at radius 3 is 2.62 bits per heavy atom. The van der Waals surface area contributed by atoms with Gasteiger partial charge in [-0.3, -0.25) is 9.59 Å². The average Bonchev–Trinajstić information content (AvgIpc) is 2.87. The lowest BCUT2D eigenvalue weighted by molar-refractivity contribution is -0.139. The molecule has 0 N–H and O–H groups in total. The Balaban J connectivity index is 1.45. The zero-order valence-electron chi connectivity index (χ0n) is 14.8. The van der Waals surface area contributed by atoms with Gasteiger partial charge in [0.15, 0.2) is 0 Å². The minimum atomic E-state index is -0.398. The van der Waals surface area contributed by atoms with Gasteiger partial charge in [-0.15, -0.1) is 0 Å². The Kier molecular flexibility index (Phi) is 4.91. The van der Waals surface area contributed by atoms with E-state index in [1.165, 1.54) is 12.1 Å². The van der Waals surface area contributed by atoms with Crippen molar-refractivity contribution >= 4 is 23.4 Å². The first-order chi connectivity index (χ1) is 12.5. The fourth-order valence-corrected chi connectivity index (χ4v) is 4.64. The highest BCUT2D eigenvalue weighted by atomic mass is 35.5. The van der Waals surface area contributed by atoms with E-state index in [1.807, 2.05) is 9.80 Å². The lowest BCUT2D eigenvalue weighted by Crippen LogP contribution is -2.48. The van der Waals surface area contributed by atoms with Crippen molar-refractivity contribution in [3.05, 3.63) is 34.6 Å². The van der Waals surface area contributed by atoms with Gasteiger partial charge in [-0.05, 0) is 49.3 Å². The summed E-state index contributed by atoms with van der Waals surface area (Å²) in [6, 6.07) is 4.25. The van der Waals surface area contributed by atoms with E-state index < -0.39 is 5.82 Å². The van der Waals surface area contributed by atoms with Gasteiger partial charge in [0.05, 0.1) is 6.42 Å². The van der Waals surface area contributed by atoms with Gasteiger partial charge in [-0.1, -0.05) is 24.1 Å². The average molecular weight is 379 g/mol. The molecule has 1 aromatic carbocycles. The maximum absolute atomic E-state index is 13.2. The predicted molar refractivity (Wildman–Crippen MR) is 97.3 cm³/mol. The van der Waals surface area contributed by atoms with Crippen LogP contribution >= 0.6 is 11.6 Å². The van der Waals surface area contributed by atoms with Crippen molar-refractivity contribution in [1.29, 1.82) is 0 Å². The Morgan fingerprint density at radius 2 is 1.92 bits per heavy atom. The first kappa shape index (κ1) is 17.8. The molecule has 0 radical (unpaired) electrons. The minimum Gasteiger partial charge on any atom is -0.340 e. The van der Waals surface area contributed by atoms with Crippen LogP contribution in [0.25, 0.3) is 0 Å². The van der Waals surface area contributed by atoms with E-state index in [0.717, 1.165) is 38.6 Å². The number of amides is 2. The molecule has 0 aromatic heterocycles. The normalized spacial score (nSPS) is 25.8. The third kappa shape index (κ3) is 3.46. The summed E-state index contributed by atoms with van der Waals surface area (Å²) in [7, 11) is 0. The Labute approximate surface area is 158 Å². The third-order valence-corrected chi connectivity index (χ3v) is 6.51. The highest BCUT2D eigenvalue weighted by Crippen LogP contribution is 2.33. The van der Waals surface area contributed by atoms with Crippen LogP contribution in [0.4, 0.5) is 4.39 Å². The molecular formula is C20H24ClFN2O2. The highest BCUT2D eigenvalue weighted by molar-refractivity contribution is 6.31. The Bertz CT molecular complexity index is 722. The van der Waals surface area contributed by atoms with Gasteiger partial charge in [-0.25, -0.2) is 4.39 Å². The fourth-order valence-electron chi connectivity index (χ4n) is 4.41. The van der Waals surface area contributed by atoms with Crippen LogP contribution in [0.2, 0.25) is 5.02 Å². The second-order valence-electron chi connectivity index (χ2n) is 7.93. The highest BCUT2D eigenvalue weighted by Gasteiger charge is 2.40. The first-order valence-electron chi connectivity index (χ1n) is 9.53. The molecule has 4 aliphatic rings. The van der Waals surface area contributed by atoms with E-state index in [0.29, 0.717) is 29.6 Å². The number of carbonyl (C=O) groups is 2. The zero-order chi connectivity index (χ0) is 18.3. The number of hydrogen-bond donors (Lipinski definition) is 0. The van der Waals surface area contributed by atoms with Gasteiger partial charge in [0.25, 0.3) is 0 Å². The van der Waals surface area contributed by atoms with Crippen LogP contribution in [0.5, 0.6) is 0 Å². The summed E-state index contributed by atoms with van der Waals surface area (Å²) in [6.45, 7) is 2.12. The molecule has 0 unspecified atom stereocenters. The summed E-state index contributed by atoms with van der Waals surface area (Å²) in [6.07, 6.45) is 5.37. The van der Waals surface area contributed by atoms with E-state index in [2.05, 4.69) is 0 Å². The molecule has 0 spiro atoms. The number of halogens is 2. The number of rotatable bonds is 3. The molecule has 2 amide bonds. The molecule has 1 aliphatic carbocycles. The van der Waals surface area contributed by atoms with Crippen LogP contribution in [-0.4, -0.2) is 47.3 Å². The van der Waals surface area contributed by atoms with Crippen molar-refractivity contribution < 1.29 is 14.0 Å². The lowest BCUT2D eigenvalue weighted by atomic mass is 9.84. The number of hydrogen-bond acceptors (Lipinski definition) is 2. The first-order valence-corrected chi connectivity index (χ1v) is 9.91. The molecule has 5 rings (SSSR count). The summed E-state index contributed by atoms with van der Waals surface area (Å²) < 4.78 is 13.2. The van der Waals surface area contributed by atoms with Crippen molar-refractivity contribution in [3.63, 3.8) is 0 Å². The van der Waals surface area contributed by atoms with E-state index in [-0.39, 0.29) is 30.2 Å². The van der Waals surface area contributed by atoms with Gasteiger partial charge in [0.1, 0.15) is 5.82 Å². The molecule has 6 heteroatoms. The van der Waals surface area contributed by atoms with Gasteiger partial charge in [0.2, 0.25) is 11.8 Å². The molecule has 2 atom stereocenters. The van der Waals surface area contributed by atoms with Crippen LogP contribution in [-0.2, 0) is 16.0 Å². The SMILES string of the molecule is O=C(C1CCC1)N1C[C@@H]2CC[C@H](C1)N(C(=O)Cc1ccc(F)cc1Cl)C2. The van der Waals surface area contributed by atoms with E-state index in [4.69, 9.17) is 11.6 Å². The zero-order valence-corrected chi connectivity index (χ0v) is 15.6. The summed E-state index contributed by atoms with van der Waals surface area (Å²) in [5, 5.41) is 0.292. The molecular weight excluding hydrogens is 355 g/mol. The van der Waals surface area contributed by atoms with Crippen molar-refractivity contribution in [1.82, 2.24) is 9.80 Å². The van der Waals surface area contributed by atoms with Crippen LogP contribution < -0.4 is 0 Å². The molecule has 4 nitrogen and oxygen atoms in total. The molecule has 26 heavy (non-hydrogen) atoms. The van der Waals surface area contributed by atoms with Crippen molar-refractivity contribution in [2.45, 2.75) is 44.6 Å².